The average molecular weight is 344 g/mol. The number of ether oxygens (including phenoxy) is 1. The lowest BCUT2D eigenvalue weighted by atomic mass is 10.1. The van der Waals surface area contributed by atoms with Crippen LogP contribution in [-0.4, -0.2) is 47.7 Å². The second-order valence-electron chi connectivity index (χ2n) is 6.50. The van der Waals surface area contributed by atoms with Crippen LogP contribution in [0.3, 0.4) is 0 Å². The van der Waals surface area contributed by atoms with Crippen LogP contribution < -0.4 is 10.5 Å². The summed E-state index contributed by atoms with van der Waals surface area (Å²) in [4.78, 5) is 24.4. The van der Waals surface area contributed by atoms with Crippen molar-refractivity contribution in [2.24, 2.45) is 0 Å². The number of hydrogen-bond donors (Lipinski definition) is 1. The summed E-state index contributed by atoms with van der Waals surface area (Å²) < 4.78 is 18.4. The van der Waals surface area contributed by atoms with Gasteiger partial charge in [-0.2, -0.15) is 0 Å². The minimum atomic E-state index is -0.232. The first-order chi connectivity index (χ1) is 12.2. The predicted octanol–water partition coefficient (Wildman–Crippen LogP) is 1.30. The first-order valence-corrected chi connectivity index (χ1v) is 8.60. The highest BCUT2D eigenvalue weighted by molar-refractivity contribution is 5.34. The summed E-state index contributed by atoms with van der Waals surface area (Å²) in [5.41, 5.74) is 2.61. The third-order valence-electron chi connectivity index (χ3n) is 4.77. The Labute approximate surface area is 145 Å². The van der Waals surface area contributed by atoms with Gasteiger partial charge in [0.25, 0.3) is 5.56 Å². The number of anilines is 1. The van der Waals surface area contributed by atoms with Crippen LogP contribution in [0.5, 0.6) is 0 Å². The SMILES string of the molecule is O=c1[nH]c(N2CCOCC2)nc2c1CN(Cc1ccc(F)cc1)CC2. The van der Waals surface area contributed by atoms with Crippen molar-refractivity contribution in [3.8, 4) is 0 Å². The Hall–Kier alpha value is -2.25. The number of morpholine rings is 1. The van der Waals surface area contributed by atoms with Gasteiger partial charge in [-0.05, 0) is 17.7 Å². The van der Waals surface area contributed by atoms with E-state index in [-0.39, 0.29) is 11.4 Å². The number of hydrogen-bond acceptors (Lipinski definition) is 5. The van der Waals surface area contributed by atoms with E-state index in [4.69, 9.17) is 4.74 Å². The molecule has 1 saturated heterocycles. The molecule has 3 heterocycles. The van der Waals surface area contributed by atoms with Crippen LogP contribution in [0, 0.1) is 5.82 Å². The van der Waals surface area contributed by atoms with Gasteiger partial charge in [0.05, 0.1) is 24.5 Å². The predicted molar refractivity (Wildman–Crippen MR) is 92.1 cm³/mol. The summed E-state index contributed by atoms with van der Waals surface area (Å²) in [5.74, 6) is 0.420. The van der Waals surface area contributed by atoms with E-state index < -0.39 is 0 Å². The molecule has 0 bridgehead atoms. The molecular formula is C18H21FN4O2. The number of nitrogens with zero attached hydrogens (tertiary/aromatic N) is 3. The summed E-state index contributed by atoms with van der Waals surface area (Å²) in [6.07, 6.45) is 0.748. The van der Waals surface area contributed by atoms with Crippen LogP contribution in [0.25, 0.3) is 0 Å². The van der Waals surface area contributed by atoms with Crippen LogP contribution in [0.4, 0.5) is 10.3 Å². The molecule has 0 atom stereocenters. The number of benzene rings is 1. The highest BCUT2D eigenvalue weighted by Crippen LogP contribution is 2.19. The molecule has 1 N–H and O–H groups in total. The molecular weight excluding hydrogens is 323 g/mol. The van der Waals surface area contributed by atoms with Crippen LogP contribution >= 0.6 is 0 Å². The fourth-order valence-corrected chi connectivity index (χ4v) is 3.38. The van der Waals surface area contributed by atoms with Crippen molar-refractivity contribution >= 4 is 5.95 Å². The lowest BCUT2D eigenvalue weighted by Crippen LogP contribution is -2.40. The third-order valence-corrected chi connectivity index (χ3v) is 4.77. The fraction of sp³-hybridized carbons (Fsp3) is 0.444. The lowest BCUT2D eigenvalue weighted by Gasteiger charge is -2.30. The zero-order valence-electron chi connectivity index (χ0n) is 14.0. The largest absolute Gasteiger partial charge is 0.378 e. The topological polar surface area (TPSA) is 61.5 Å². The van der Waals surface area contributed by atoms with Crippen molar-refractivity contribution in [1.82, 2.24) is 14.9 Å². The van der Waals surface area contributed by atoms with E-state index in [0.717, 1.165) is 42.9 Å². The fourth-order valence-electron chi connectivity index (χ4n) is 3.38. The zero-order chi connectivity index (χ0) is 17.2. The van der Waals surface area contributed by atoms with E-state index in [1.165, 1.54) is 12.1 Å². The Kier molecular flexibility index (Phi) is 4.50. The molecule has 0 aliphatic carbocycles. The van der Waals surface area contributed by atoms with Crippen LogP contribution in [0.1, 0.15) is 16.8 Å². The number of fused-ring (bicyclic) bond motifs is 1. The van der Waals surface area contributed by atoms with Gasteiger partial charge in [0, 0.05) is 39.1 Å². The minimum absolute atomic E-state index is 0.0599. The highest BCUT2D eigenvalue weighted by atomic mass is 19.1. The summed E-state index contributed by atoms with van der Waals surface area (Å²) in [7, 11) is 0. The summed E-state index contributed by atoms with van der Waals surface area (Å²) in [6, 6.07) is 6.51. The normalized spacial score (nSPS) is 18.2. The van der Waals surface area contributed by atoms with E-state index >= 15 is 0 Å². The maximum absolute atomic E-state index is 13.0. The van der Waals surface area contributed by atoms with Gasteiger partial charge < -0.3 is 9.64 Å². The van der Waals surface area contributed by atoms with Crippen LogP contribution in [0.2, 0.25) is 0 Å². The van der Waals surface area contributed by atoms with Gasteiger partial charge in [-0.25, -0.2) is 9.37 Å². The molecule has 1 fully saturated rings. The Balaban J connectivity index is 1.51. The molecule has 2 aliphatic heterocycles. The first kappa shape index (κ1) is 16.2. The van der Waals surface area contributed by atoms with Crippen molar-refractivity contribution in [1.29, 1.82) is 0 Å². The molecule has 25 heavy (non-hydrogen) atoms. The molecule has 0 radical (unpaired) electrons. The Bertz CT molecular complexity index is 800. The maximum atomic E-state index is 13.0. The molecule has 0 amide bonds. The monoisotopic (exact) mass is 344 g/mol. The molecule has 2 aromatic rings. The number of H-pyrrole nitrogens is 1. The zero-order valence-corrected chi connectivity index (χ0v) is 14.0. The van der Waals surface area contributed by atoms with Crippen LogP contribution in [-0.2, 0) is 24.2 Å². The van der Waals surface area contributed by atoms with Crippen LogP contribution in [0.15, 0.2) is 29.1 Å². The van der Waals surface area contributed by atoms with Gasteiger partial charge in [0.1, 0.15) is 5.82 Å². The molecule has 2 aliphatic rings. The van der Waals surface area contributed by atoms with Crippen molar-refractivity contribution in [3.05, 3.63) is 57.3 Å². The molecule has 1 aromatic carbocycles. The molecule has 7 heteroatoms. The number of halogens is 1. The molecule has 0 saturated carbocycles. The lowest BCUT2D eigenvalue weighted by molar-refractivity contribution is 0.122. The first-order valence-electron chi connectivity index (χ1n) is 8.60. The van der Waals surface area contributed by atoms with E-state index in [9.17, 15) is 9.18 Å². The maximum Gasteiger partial charge on any atom is 0.257 e. The van der Waals surface area contributed by atoms with Gasteiger partial charge in [0.15, 0.2) is 0 Å². The smallest absolute Gasteiger partial charge is 0.257 e. The Morgan fingerprint density at radius 1 is 1.16 bits per heavy atom. The minimum Gasteiger partial charge on any atom is -0.378 e. The van der Waals surface area contributed by atoms with Crippen molar-refractivity contribution in [2.45, 2.75) is 19.5 Å². The summed E-state index contributed by atoms with van der Waals surface area (Å²) >= 11 is 0. The number of aromatic amines is 1. The van der Waals surface area contributed by atoms with Crippen molar-refractivity contribution in [2.75, 3.05) is 37.7 Å². The standard InChI is InChI=1S/C18H21FN4O2/c19-14-3-1-13(2-4-14)11-22-6-5-16-15(12-22)17(24)21-18(20-16)23-7-9-25-10-8-23/h1-4H,5-12H2,(H,20,21,24). The molecule has 1 aromatic heterocycles. The Morgan fingerprint density at radius 3 is 2.68 bits per heavy atom. The second kappa shape index (κ2) is 6.93. The Morgan fingerprint density at radius 2 is 1.92 bits per heavy atom. The number of nitrogens with one attached hydrogen (secondary N) is 1. The van der Waals surface area contributed by atoms with E-state index in [0.29, 0.717) is 32.3 Å². The molecule has 0 unspecified atom stereocenters. The second-order valence-corrected chi connectivity index (χ2v) is 6.50. The van der Waals surface area contributed by atoms with Gasteiger partial charge in [0.2, 0.25) is 5.95 Å². The van der Waals surface area contributed by atoms with E-state index in [1.54, 1.807) is 12.1 Å². The summed E-state index contributed by atoms with van der Waals surface area (Å²) in [5, 5.41) is 0. The van der Waals surface area contributed by atoms with E-state index in [1.807, 2.05) is 0 Å². The average Bonchev–Trinajstić information content (AvgIpc) is 2.65. The molecule has 4 rings (SSSR count). The summed E-state index contributed by atoms with van der Waals surface area (Å²) in [6.45, 7) is 4.92. The number of rotatable bonds is 3. The highest BCUT2D eigenvalue weighted by Gasteiger charge is 2.23. The van der Waals surface area contributed by atoms with E-state index in [2.05, 4.69) is 19.8 Å². The van der Waals surface area contributed by atoms with Crippen molar-refractivity contribution < 1.29 is 9.13 Å². The van der Waals surface area contributed by atoms with Gasteiger partial charge in [-0.1, -0.05) is 12.1 Å². The molecule has 6 nitrogen and oxygen atoms in total. The quantitative estimate of drug-likeness (QED) is 0.910. The number of aromatic nitrogens is 2. The van der Waals surface area contributed by atoms with Crippen molar-refractivity contribution in [3.63, 3.8) is 0 Å². The molecule has 0 spiro atoms. The van der Waals surface area contributed by atoms with Gasteiger partial charge in [-0.3, -0.25) is 14.7 Å². The molecule has 132 valence electrons. The third kappa shape index (κ3) is 3.57. The van der Waals surface area contributed by atoms with Gasteiger partial charge in [-0.15, -0.1) is 0 Å². The van der Waals surface area contributed by atoms with Gasteiger partial charge >= 0.3 is 0 Å².